The molecule has 0 aliphatic heterocycles. The Hall–Kier alpha value is -1.91. The predicted molar refractivity (Wildman–Crippen MR) is 58.8 cm³/mol. The number of fused-ring (bicyclic) bond motifs is 1. The summed E-state index contributed by atoms with van der Waals surface area (Å²) in [6, 6.07) is 2.11. The Morgan fingerprint density at radius 2 is 2.40 bits per heavy atom. The highest BCUT2D eigenvalue weighted by molar-refractivity contribution is 5.45. The minimum Gasteiger partial charge on any atom is -0.364 e. The van der Waals surface area contributed by atoms with Crippen LogP contribution in [0.4, 0.5) is 5.82 Å². The van der Waals surface area contributed by atoms with Crippen molar-refractivity contribution in [1.29, 1.82) is 0 Å². The first kappa shape index (κ1) is 9.64. The molecule has 0 amide bonds. The molecule has 0 fully saturated rings. The molecular weight excluding hydrogens is 190 g/mol. The summed E-state index contributed by atoms with van der Waals surface area (Å²) < 4.78 is 1.67. The van der Waals surface area contributed by atoms with E-state index in [1.165, 1.54) is 6.33 Å². The van der Waals surface area contributed by atoms with Crippen LogP contribution < -0.4 is 5.32 Å². The van der Waals surface area contributed by atoms with Gasteiger partial charge in [-0.2, -0.15) is 14.6 Å². The number of nitrogens with zero attached hydrogens (tertiary/aromatic N) is 4. The predicted octanol–water partition coefficient (Wildman–Crippen LogP) is 1.42. The molecule has 0 radical (unpaired) electrons. The van der Waals surface area contributed by atoms with Gasteiger partial charge in [0.15, 0.2) is 0 Å². The van der Waals surface area contributed by atoms with Crippen LogP contribution in [0.25, 0.3) is 5.78 Å². The summed E-state index contributed by atoms with van der Waals surface area (Å²) in [4.78, 5) is 8.30. The van der Waals surface area contributed by atoms with Gasteiger partial charge in [0, 0.05) is 17.8 Å². The number of hydrogen-bond donors (Lipinski definition) is 1. The lowest BCUT2D eigenvalue weighted by atomic mass is 10.3. The number of aryl methyl sites for hydroxylation is 1. The summed E-state index contributed by atoms with van der Waals surface area (Å²) in [5.41, 5.74) is 0.911. The van der Waals surface area contributed by atoms with E-state index in [0.29, 0.717) is 5.78 Å². The third-order valence-electron chi connectivity index (χ3n) is 2.11. The molecule has 15 heavy (non-hydrogen) atoms. The van der Waals surface area contributed by atoms with Gasteiger partial charge < -0.3 is 5.32 Å². The lowest BCUT2D eigenvalue weighted by Crippen LogP contribution is -2.15. The van der Waals surface area contributed by atoms with E-state index in [4.69, 9.17) is 0 Å². The Balaban J connectivity index is 2.48. The Bertz CT molecular complexity index is 488. The van der Waals surface area contributed by atoms with E-state index in [2.05, 4.69) is 27.0 Å². The van der Waals surface area contributed by atoms with Crippen molar-refractivity contribution >= 4 is 11.6 Å². The summed E-state index contributed by atoms with van der Waals surface area (Å²) in [6.07, 6.45) is 3.32. The van der Waals surface area contributed by atoms with Gasteiger partial charge in [-0.15, -0.1) is 6.58 Å². The monoisotopic (exact) mass is 203 g/mol. The van der Waals surface area contributed by atoms with E-state index >= 15 is 0 Å². The van der Waals surface area contributed by atoms with Gasteiger partial charge in [-0.05, 0) is 13.8 Å². The number of hydrogen-bond acceptors (Lipinski definition) is 4. The average Bonchev–Trinajstić information content (AvgIpc) is 2.65. The van der Waals surface area contributed by atoms with Crippen LogP contribution in [0.5, 0.6) is 0 Å². The number of nitrogens with one attached hydrogen (secondary N) is 1. The van der Waals surface area contributed by atoms with E-state index in [1.54, 1.807) is 4.52 Å². The molecule has 2 heterocycles. The van der Waals surface area contributed by atoms with Gasteiger partial charge in [-0.25, -0.2) is 4.98 Å². The molecule has 0 spiro atoms. The normalized spacial score (nSPS) is 12.7. The van der Waals surface area contributed by atoms with E-state index in [0.717, 1.165) is 11.5 Å². The fourth-order valence-corrected chi connectivity index (χ4v) is 1.33. The first-order chi connectivity index (χ1) is 7.20. The Kier molecular flexibility index (Phi) is 2.37. The average molecular weight is 203 g/mol. The van der Waals surface area contributed by atoms with Crippen LogP contribution in [-0.2, 0) is 0 Å². The van der Waals surface area contributed by atoms with E-state index in [-0.39, 0.29) is 6.04 Å². The Labute approximate surface area is 87.9 Å². The van der Waals surface area contributed by atoms with Gasteiger partial charge in [0.1, 0.15) is 12.1 Å². The molecule has 78 valence electrons. The minimum atomic E-state index is 0.180. The molecule has 1 N–H and O–H groups in total. The Morgan fingerprint density at radius 1 is 1.60 bits per heavy atom. The number of aromatic nitrogens is 4. The van der Waals surface area contributed by atoms with Gasteiger partial charge >= 0.3 is 0 Å². The van der Waals surface area contributed by atoms with Crippen molar-refractivity contribution in [2.45, 2.75) is 19.9 Å². The summed E-state index contributed by atoms with van der Waals surface area (Å²) in [6.45, 7) is 7.67. The molecule has 1 unspecified atom stereocenters. The molecule has 0 aliphatic carbocycles. The second-order valence-electron chi connectivity index (χ2n) is 3.42. The van der Waals surface area contributed by atoms with Gasteiger partial charge in [0.2, 0.25) is 0 Å². The largest absolute Gasteiger partial charge is 0.364 e. The Morgan fingerprint density at radius 3 is 3.13 bits per heavy atom. The zero-order valence-electron chi connectivity index (χ0n) is 8.81. The van der Waals surface area contributed by atoms with Crippen molar-refractivity contribution in [1.82, 2.24) is 19.6 Å². The SMILES string of the molecule is C=CC(C)Nc1cc(C)nc2ncnn12. The van der Waals surface area contributed by atoms with Gasteiger partial charge in [-0.3, -0.25) is 0 Å². The maximum atomic E-state index is 4.25. The maximum absolute atomic E-state index is 4.25. The molecule has 0 saturated carbocycles. The first-order valence-corrected chi connectivity index (χ1v) is 4.77. The quantitative estimate of drug-likeness (QED) is 0.766. The lowest BCUT2D eigenvalue weighted by Gasteiger charge is -2.11. The fourth-order valence-electron chi connectivity index (χ4n) is 1.33. The van der Waals surface area contributed by atoms with Crippen LogP contribution in [0, 0.1) is 6.92 Å². The molecule has 0 bridgehead atoms. The van der Waals surface area contributed by atoms with Crippen molar-refractivity contribution in [3.8, 4) is 0 Å². The summed E-state index contributed by atoms with van der Waals surface area (Å²) in [5, 5.41) is 7.36. The zero-order chi connectivity index (χ0) is 10.8. The summed E-state index contributed by atoms with van der Waals surface area (Å²) in [7, 11) is 0. The van der Waals surface area contributed by atoms with Gasteiger partial charge in [-0.1, -0.05) is 6.08 Å². The highest BCUT2D eigenvalue weighted by Gasteiger charge is 2.06. The molecule has 2 aromatic rings. The second-order valence-corrected chi connectivity index (χ2v) is 3.42. The van der Waals surface area contributed by atoms with Crippen LogP contribution in [0.1, 0.15) is 12.6 Å². The minimum absolute atomic E-state index is 0.180. The van der Waals surface area contributed by atoms with Crippen molar-refractivity contribution in [3.63, 3.8) is 0 Å². The smallest absolute Gasteiger partial charge is 0.254 e. The molecule has 2 aromatic heterocycles. The molecule has 0 aliphatic rings. The van der Waals surface area contributed by atoms with Crippen LogP contribution in [0.3, 0.4) is 0 Å². The van der Waals surface area contributed by atoms with Crippen molar-refractivity contribution in [3.05, 3.63) is 30.7 Å². The van der Waals surface area contributed by atoms with E-state index in [1.807, 2.05) is 26.0 Å². The molecule has 5 heteroatoms. The highest BCUT2D eigenvalue weighted by atomic mass is 15.4. The second kappa shape index (κ2) is 3.68. The lowest BCUT2D eigenvalue weighted by molar-refractivity contribution is 0.891. The van der Waals surface area contributed by atoms with Crippen LogP contribution in [0.15, 0.2) is 25.0 Å². The number of anilines is 1. The first-order valence-electron chi connectivity index (χ1n) is 4.77. The summed E-state index contributed by atoms with van der Waals surface area (Å²) >= 11 is 0. The van der Waals surface area contributed by atoms with Gasteiger partial charge in [0.05, 0.1) is 0 Å². The van der Waals surface area contributed by atoms with Crippen molar-refractivity contribution < 1.29 is 0 Å². The zero-order valence-corrected chi connectivity index (χ0v) is 8.81. The molecule has 0 saturated heterocycles. The third-order valence-corrected chi connectivity index (χ3v) is 2.11. The highest BCUT2D eigenvalue weighted by Crippen LogP contribution is 2.11. The summed E-state index contributed by atoms with van der Waals surface area (Å²) in [5.74, 6) is 1.48. The maximum Gasteiger partial charge on any atom is 0.254 e. The van der Waals surface area contributed by atoms with Crippen LogP contribution >= 0.6 is 0 Å². The molecule has 0 aromatic carbocycles. The molecular formula is C10H13N5. The van der Waals surface area contributed by atoms with Crippen molar-refractivity contribution in [2.24, 2.45) is 0 Å². The van der Waals surface area contributed by atoms with Crippen LogP contribution in [-0.4, -0.2) is 25.6 Å². The van der Waals surface area contributed by atoms with Crippen LogP contribution in [0.2, 0.25) is 0 Å². The van der Waals surface area contributed by atoms with Gasteiger partial charge in [0.25, 0.3) is 5.78 Å². The fraction of sp³-hybridized carbons (Fsp3) is 0.300. The molecule has 1 atom stereocenters. The third kappa shape index (κ3) is 1.81. The van der Waals surface area contributed by atoms with E-state index in [9.17, 15) is 0 Å². The van der Waals surface area contributed by atoms with E-state index < -0.39 is 0 Å². The van der Waals surface area contributed by atoms with Crippen molar-refractivity contribution in [2.75, 3.05) is 5.32 Å². The number of rotatable bonds is 3. The standard InChI is InChI=1S/C10H13N5/c1-4-7(2)13-9-5-8(3)14-10-11-6-12-15(9)10/h4-7,13H,1H2,2-3H3. The molecule has 5 nitrogen and oxygen atoms in total. The molecule has 2 rings (SSSR count). The topological polar surface area (TPSA) is 55.1 Å².